The Hall–Kier alpha value is -1.12. The van der Waals surface area contributed by atoms with Crippen LogP contribution in [0.1, 0.15) is 11.1 Å². The third-order valence-corrected chi connectivity index (χ3v) is 1.72. The van der Waals surface area contributed by atoms with E-state index in [0.717, 1.165) is 0 Å². The van der Waals surface area contributed by atoms with E-state index >= 15 is 0 Å². The molecular weight excluding hydrogens is 272 g/mol. The van der Waals surface area contributed by atoms with E-state index in [0.29, 0.717) is 0 Å². The predicted molar refractivity (Wildman–Crippen MR) is 71.0 cm³/mol. The van der Waals surface area contributed by atoms with Crippen molar-refractivity contribution in [1.29, 1.82) is 0 Å². The number of aliphatic hydroxyl groups excluding tert-OH is 2. The summed E-state index contributed by atoms with van der Waals surface area (Å²) in [6, 6.07) is 8.48. The molecule has 0 spiro atoms. The minimum atomic E-state index is -1.43. The Balaban J connectivity index is 0. The zero-order valence-corrected chi connectivity index (χ0v) is 11.8. The van der Waals surface area contributed by atoms with Crippen LogP contribution in [0.4, 0.5) is 0 Å². The molecule has 0 heterocycles. The zero-order chi connectivity index (χ0) is 15.1. The van der Waals surface area contributed by atoms with E-state index in [-0.39, 0.29) is 19.8 Å². The van der Waals surface area contributed by atoms with Crippen molar-refractivity contribution < 1.29 is 28.5 Å². The van der Waals surface area contributed by atoms with Crippen molar-refractivity contribution >= 4 is 11.6 Å². The van der Waals surface area contributed by atoms with Gasteiger partial charge in [0, 0.05) is 0 Å². The minimum absolute atomic E-state index is 0.0906. The number of ether oxygens (including phenoxy) is 1. The molecule has 1 rings (SSSR count). The summed E-state index contributed by atoms with van der Waals surface area (Å²) in [7, 11) is 0. The third kappa shape index (κ3) is 19.4. The average Bonchev–Trinajstić information content (AvgIpc) is 2.35. The lowest BCUT2D eigenvalue weighted by Gasteiger charge is -2.01. The van der Waals surface area contributed by atoms with E-state index < -0.39 is 17.9 Å². The number of hydrogen-bond donors (Lipinski definition) is 3. The van der Waals surface area contributed by atoms with Gasteiger partial charge in [-0.1, -0.05) is 35.4 Å². The fraction of sp³-hybridized carbons (Fsp3) is 0.500. The second kappa shape index (κ2) is 14.9. The van der Waals surface area contributed by atoms with Gasteiger partial charge >= 0.3 is 11.6 Å². The van der Waals surface area contributed by atoms with Gasteiger partial charge in [0.2, 0.25) is 0 Å². The first kappa shape index (κ1) is 20.2. The molecule has 0 aliphatic heterocycles. The first-order valence-electron chi connectivity index (χ1n) is 5.47. The van der Waals surface area contributed by atoms with Crippen LogP contribution in [0.15, 0.2) is 24.3 Å². The number of benzene rings is 1. The van der Waals surface area contributed by atoms with Crippen molar-refractivity contribution in [3.05, 3.63) is 35.4 Å². The van der Waals surface area contributed by atoms with Gasteiger partial charge in [-0.15, -0.1) is 0 Å². The summed E-state index contributed by atoms with van der Waals surface area (Å²) >= 11 is -0.750. The molecule has 7 heteroatoms. The largest absolute Gasteiger partial charge is 0.394 e. The summed E-state index contributed by atoms with van der Waals surface area (Å²) in [5.74, 6) is 0. The van der Waals surface area contributed by atoms with Crippen LogP contribution >= 0.6 is 0 Å². The Morgan fingerprint density at radius 3 is 1.74 bits per heavy atom. The summed E-state index contributed by atoms with van der Waals surface area (Å²) in [6.07, 6.45) is -1.43. The van der Waals surface area contributed by atoms with Crippen LogP contribution < -0.4 is 0 Å². The highest BCUT2D eigenvalue weighted by Gasteiger charge is 1.93. The monoisotopic (exact) mass is 292 g/mol. The topological polar surface area (TPSA) is 104 Å². The summed E-state index contributed by atoms with van der Waals surface area (Å²) < 4.78 is 21.1. The van der Waals surface area contributed by atoms with Gasteiger partial charge in [-0.25, -0.2) is 0 Å². The van der Waals surface area contributed by atoms with Crippen molar-refractivity contribution in [2.24, 2.45) is 0 Å². The number of aryl methyl sites for hydroxylation is 2. The Bertz CT molecular complexity index is 312. The van der Waals surface area contributed by atoms with E-state index in [1.807, 2.05) is 0 Å². The quantitative estimate of drug-likeness (QED) is 0.530. The molecule has 0 bridgehead atoms. The fourth-order valence-electron chi connectivity index (χ4n) is 0.890. The van der Waals surface area contributed by atoms with Crippen molar-refractivity contribution in [2.75, 3.05) is 19.8 Å². The van der Waals surface area contributed by atoms with E-state index in [4.69, 9.17) is 23.7 Å². The van der Waals surface area contributed by atoms with Crippen LogP contribution in [0.3, 0.4) is 0 Å². The molecule has 0 aromatic heterocycles. The summed E-state index contributed by atoms with van der Waals surface area (Å²) in [5, 5.41) is 24.3. The lowest BCUT2D eigenvalue weighted by Crippen LogP contribution is -2.15. The van der Waals surface area contributed by atoms with E-state index in [9.17, 15) is 0 Å². The van der Waals surface area contributed by atoms with Gasteiger partial charge < -0.3 is 20.1 Å². The maximum Gasteiger partial charge on any atom is 0.335 e. The highest BCUT2D eigenvalue weighted by atomic mass is 32.1. The van der Waals surface area contributed by atoms with Crippen LogP contribution in [0.2, 0.25) is 0 Å². The molecule has 0 amide bonds. The van der Waals surface area contributed by atoms with Gasteiger partial charge in [0.25, 0.3) is 0 Å². The number of hydrogen-bond acceptors (Lipinski definition) is 6. The van der Waals surface area contributed by atoms with Gasteiger partial charge in [-0.05, 0) is 13.8 Å². The molecular formula is C12H20O6S. The minimum Gasteiger partial charge on any atom is -0.394 e. The molecule has 0 fully saturated rings. The Morgan fingerprint density at radius 1 is 1.11 bits per heavy atom. The van der Waals surface area contributed by atoms with Gasteiger partial charge in [-0.3, -0.25) is 0 Å². The summed E-state index contributed by atoms with van der Waals surface area (Å²) in [4.78, 5) is 0. The van der Waals surface area contributed by atoms with Crippen LogP contribution in [0.5, 0.6) is 0 Å². The van der Waals surface area contributed by atoms with Crippen LogP contribution in [-0.4, -0.2) is 49.8 Å². The molecule has 0 unspecified atom stereocenters. The molecule has 110 valence electrons. The molecule has 0 radical (unpaired) electrons. The molecule has 0 saturated carbocycles. The number of rotatable bonds is 4. The highest BCUT2D eigenvalue weighted by molar-refractivity contribution is 7.51. The normalized spacial score (nSPS) is 8.95. The summed E-state index contributed by atoms with van der Waals surface area (Å²) in [5.41, 5.74) is 2.66. The first-order chi connectivity index (χ1) is 8.97. The fourth-order valence-corrected chi connectivity index (χ4v) is 0.890. The zero-order valence-electron chi connectivity index (χ0n) is 11.0. The Morgan fingerprint density at radius 2 is 1.47 bits per heavy atom. The van der Waals surface area contributed by atoms with Crippen LogP contribution in [0.25, 0.3) is 0 Å². The Labute approximate surface area is 116 Å². The summed E-state index contributed by atoms with van der Waals surface area (Å²) in [6.45, 7) is 4.11. The lowest BCUT2D eigenvalue weighted by atomic mass is 10.2. The molecule has 1 aromatic rings. The van der Waals surface area contributed by atoms with Crippen molar-refractivity contribution in [1.82, 2.24) is 0 Å². The van der Waals surface area contributed by atoms with Crippen LogP contribution in [-0.2, 0) is 16.3 Å². The second-order valence-electron chi connectivity index (χ2n) is 3.50. The van der Waals surface area contributed by atoms with E-state index in [1.165, 1.54) is 11.1 Å². The molecule has 0 aliphatic rings. The maximum atomic E-state index is 8.29. The standard InChI is InChI=1S/C8H10.C4H10O4.O2S/c1-7-3-5-8(2)6-4-7;5-1-2-8-3-4(6)7;1-3-2/h3-6H,1-2H3;4-7H,1-3H2;. The SMILES string of the molecule is Cc1ccc(C)cc1.O=S=O.OCCOCC(O)O. The van der Waals surface area contributed by atoms with Gasteiger partial charge in [0.05, 0.1) is 19.8 Å². The molecule has 1 aromatic carbocycles. The third-order valence-electron chi connectivity index (χ3n) is 1.72. The smallest absolute Gasteiger partial charge is 0.335 e. The van der Waals surface area contributed by atoms with Gasteiger partial charge in [0.15, 0.2) is 6.29 Å². The van der Waals surface area contributed by atoms with Crippen molar-refractivity contribution in [2.45, 2.75) is 20.1 Å². The van der Waals surface area contributed by atoms with Gasteiger partial charge in [-0.2, -0.15) is 8.42 Å². The molecule has 3 N–H and O–H groups in total. The first-order valence-corrected chi connectivity index (χ1v) is 6.14. The van der Waals surface area contributed by atoms with Gasteiger partial charge in [0.1, 0.15) is 0 Å². The second-order valence-corrected chi connectivity index (χ2v) is 3.64. The lowest BCUT2D eigenvalue weighted by molar-refractivity contribution is -0.0977. The maximum absolute atomic E-state index is 8.29. The molecule has 0 atom stereocenters. The average molecular weight is 292 g/mol. The predicted octanol–water partition coefficient (Wildman–Crippen LogP) is -0.0608. The molecule has 6 nitrogen and oxygen atoms in total. The van der Waals surface area contributed by atoms with Crippen molar-refractivity contribution in [3.63, 3.8) is 0 Å². The highest BCUT2D eigenvalue weighted by Crippen LogP contribution is 1.99. The van der Waals surface area contributed by atoms with Crippen LogP contribution in [0, 0.1) is 13.8 Å². The van der Waals surface area contributed by atoms with E-state index in [2.05, 4.69) is 42.8 Å². The molecule has 0 saturated heterocycles. The molecule has 19 heavy (non-hydrogen) atoms. The number of aliphatic hydroxyl groups is 3. The molecule has 0 aliphatic carbocycles. The van der Waals surface area contributed by atoms with E-state index in [1.54, 1.807) is 0 Å². The van der Waals surface area contributed by atoms with Crippen molar-refractivity contribution in [3.8, 4) is 0 Å². The Kier molecular flexibility index (Phi) is 15.9.